The van der Waals surface area contributed by atoms with Crippen molar-refractivity contribution in [3.8, 4) is 0 Å². The number of carbonyl (C=O) groups is 1. The fourth-order valence-electron chi connectivity index (χ4n) is 3.67. The number of thioether (sulfide) groups is 1. The van der Waals surface area contributed by atoms with E-state index in [0.29, 0.717) is 0 Å². The van der Waals surface area contributed by atoms with Gasteiger partial charge < -0.3 is 15.8 Å². The summed E-state index contributed by atoms with van der Waals surface area (Å²) < 4.78 is 5.83. The monoisotopic (exact) mass is 322 g/mol. The van der Waals surface area contributed by atoms with E-state index < -0.39 is 5.54 Å². The molecule has 1 heterocycles. The third-order valence-corrected chi connectivity index (χ3v) is 5.69. The molecule has 118 valence electrons. The van der Waals surface area contributed by atoms with Crippen molar-refractivity contribution in [2.24, 2.45) is 17.1 Å². The normalized spacial score (nSPS) is 36.0. The smallest absolute Gasteiger partial charge is 0.241 e. The summed E-state index contributed by atoms with van der Waals surface area (Å²) >= 11 is 1.73. The highest BCUT2D eigenvalue weighted by atomic mass is 35.5. The van der Waals surface area contributed by atoms with Crippen LogP contribution in [0.4, 0.5) is 0 Å². The van der Waals surface area contributed by atoms with E-state index in [1.807, 2.05) is 13.2 Å². The summed E-state index contributed by atoms with van der Waals surface area (Å²) in [5.41, 5.74) is 5.45. The van der Waals surface area contributed by atoms with Gasteiger partial charge in [-0.25, -0.2) is 0 Å². The van der Waals surface area contributed by atoms with Crippen LogP contribution in [-0.2, 0) is 9.53 Å². The van der Waals surface area contributed by atoms with Crippen LogP contribution in [0, 0.1) is 11.3 Å². The van der Waals surface area contributed by atoms with Crippen LogP contribution in [0.1, 0.15) is 33.6 Å². The van der Waals surface area contributed by atoms with Crippen LogP contribution in [0.15, 0.2) is 0 Å². The van der Waals surface area contributed by atoms with Crippen molar-refractivity contribution < 1.29 is 9.53 Å². The van der Waals surface area contributed by atoms with E-state index in [1.165, 1.54) is 0 Å². The molecule has 4 atom stereocenters. The molecule has 4 nitrogen and oxygen atoms in total. The third kappa shape index (κ3) is 2.58. The Hall–Kier alpha value is 0.0300. The number of ether oxygens (including phenoxy) is 1. The number of nitrogens with one attached hydrogen (secondary N) is 1. The maximum absolute atomic E-state index is 12.6. The molecule has 1 aliphatic carbocycles. The minimum absolute atomic E-state index is 0. The molecule has 0 spiro atoms. The van der Waals surface area contributed by atoms with Gasteiger partial charge in [0.15, 0.2) is 0 Å². The van der Waals surface area contributed by atoms with E-state index in [0.717, 1.165) is 25.2 Å². The lowest BCUT2D eigenvalue weighted by atomic mass is 9.46. The molecule has 6 heteroatoms. The van der Waals surface area contributed by atoms with Crippen molar-refractivity contribution in [2.45, 2.75) is 51.3 Å². The van der Waals surface area contributed by atoms with Gasteiger partial charge in [-0.3, -0.25) is 4.79 Å². The lowest BCUT2D eigenvalue weighted by Gasteiger charge is -2.65. The van der Waals surface area contributed by atoms with Crippen molar-refractivity contribution in [3.63, 3.8) is 0 Å². The van der Waals surface area contributed by atoms with E-state index in [9.17, 15) is 4.79 Å². The summed E-state index contributed by atoms with van der Waals surface area (Å²) in [6.45, 7) is 6.93. The molecule has 20 heavy (non-hydrogen) atoms. The molecule has 0 bridgehead atoms. The second-order valence-corrected chi connectivity index (χ2v) is 7.37. The number of hydrogen-bond donors (Lipinski definition) is 2. The summed E-state index contributed by atoms with van der Waals surface area (Å²) in [5, 5.41) is 3.07. The zero-order valence-corrected chi connectivity index (χ0v) is 14.4. The molecule has 4 unspecified atom stereocenters. The number of nitrogens with two attached hydrogens (primary N) is 1. The Morgan fingerprint density at radius 2 is 2.20 bits per heavy atom. The van der Waals surface area contributed by atoms with Crippen LogP contribution in [0.3, 0.4) is 0 Å². The van der Waals surface area contributed by atoms with Gasteiger partial charge in [0.25, 0.3) is 0 Å². The quantitative estimate of drug-likeness (QED) is 0.828. The van der Waals surface area contributed by atoms with E-state index in [-0.39, 0.29) is 41.8 Å². The van der Waals surface area contributed by atoms with E-state index in [4.69, 9.17) is 10.5 Å². The Kier molecular flexibility index (Phi) is 5.81. The minimum Gasteiger partial charge on any atom is -0.377 e. The van der Waals surface area contributed by atoms with E-state index in [2.05, 4.69) is 19.2 Å². The minimum atomic E-state index is -0.787. The Morgan fingerprint density at radius 3 is 2.80 bits per heavy atom. The Balaban J connectivity index is 0.00000200. The zero-order chi connectivity index (χ0) is 14.3. The lowest BCUT2D eigenvalue weighted by molar-refractivity contribution is -0.225. The summed E-state index contributed by atoms with van der Waals surface area (Å²) in [5.74, 6) is 1.07. The third-order valence-electron chi connectivity index (χ3n) is 4.85. The molecule has 2 aliphatic rings. The average molecular weight is 323 g/mol. The first kappa shape index (κ1) is 18.1. The van der Waals surface area contributed by atoms with Gasteiger partial charge in [0.05, 0.1) is 6.10 Å². The topological polar surface area (TPSA) is 64.4 Å². The highest BCUT2D eigenvalue weighted by Gasteiger charge is 2.70. The van der Waals surface area contributed by atoms with Gasteiger partial charge in [0, 0.05) is 29.7 Å². The largest absolute Gasteiger partial charge is 0.377 e. The molecule has 1 amide bonds. The second-order valence-electron chi connectivity index (χ2n) is 6.46. The fraction of sp³-hybridized carbons (Fsp3) is 0.929. The molecule has 0 aromatic heterocycles. The first-order valence-corrected chi connectivity index (χ1v) is 8.45. The van der Waals surface area contributed by atoms with Gasteiger partial charge in [-0.05, 0) is 26.0 Å². The predicted molar refractivity (Wildman–Crippen MR) is 86.4 cm³/mol. The SMILES string of the molecule is CSCC(C)NC(=O)C1(N)C2CCCOC2C1(C)C.Cl. The van der Waals surface area contributed by atoms with Gasteiger partial charge in [0.2, 0.25) is 5.91 Å². The Morgan fingerprint density at radius 1 is 1.55 bits per heavy atom. The number of amides is 1. The first-order valence-electron chi connectivity index (χ1n) is 7.06. The first-order chi connectivity index (χ1) is 8.85. The molecule has 2 rings (SSSR count). The predicted octanol–water partition coefficient (Wildman–Crippen LogP) is 1.81. The van der Waals surface area contributed by atoms with E-state index in [1.54, 1.807) is 11.8 Å². The summed E-state index contributed by atoms with van der Waals surface area (Å²) in [6.07, 6.45) is 4.17. The van der Waals surface area contributed by atoms with Crippen molar-refractivity contribution >= 4 is 30.1 Å². The van der Waals surface area contributed by atoms with E-state index >= 15 is 0 Å². The number of fused-ring (bicyclic) bond motifs is 1. The molecule has 0 aromatic carbocycles. The average Bonchev–Trinajstić information content (AvgIpc) is 2.37. The molecule has 1 saturated heterocycles. The number of rotatable bonds is 4. The molecule has 0 aromatic rings. The van der Waals surface area contributed by atoms with Gasteiger partial charge >= 0.3 is 0 Å². The van der Waals surface area contributed by atoms with Crippen LogP contribution >= 0.6 is 24.2 Å². The van der Waals surface area contributed by atoms with Gasteiger partial charge in [-0.1, -0.05) is 13.8 Å². The van der Waals surface area contributed by atoms with Crippen LogP contribution in [0.5, 0.6) is 0 Å². The van der Waals surface area contributed by atoms with Gasteiger partial charge in [-0.2, -0.15) is 11.8 Å². The van der Waals surface area contributed by atoms with Crippen molar-refractivity contribution in [2.75, 3.05) is 18.6 Å². The lowest BCUT2D eigenvalue weighted by Crippen LogP contribution is -2.82. The molecule has 3 N–H and O–H groups in total. The van der Waals surface area contributed by atoms with Crippen LogP contribution in [-0.4, -0.2) is 42.2 Å². The van der Waals surface area contributed by atoms with Crippen LogP contribution < -0.4 is 11.1 Å². The molecule has 1 aliphatic heterocycles. The van der Waals surface area contributed by atoms with Gasteiger partial charge in [0.1, 0.15) is 5.54 Å². The summed E-state index contributed by atoms with van der Waals surface area (Å²) in [7, 11) is 0. The summed E-state index contributed by atoms with van der Waals surface area (Å²) in [6, 6.07) is 0.155. The van der Waals surface area contributed by atoms with Crippen LogP contribution in [0.25, 0.3) is 0 Å². The fourth-order valence-corrected chi connectivity index (χ4v) is 4.26. The number of hydrogen-bond acceptors (Lipinski definition) is 4. The van der Waals surface area contributed by atoms with Crippen LogP contribution in [0.2, 0.25) is 0 Å². The maximum atomic E-state index is 12.6. The molecular weight excluding hydrogens is 296 g/mol. The van der Waals surface area contributed by atoms with Crippen molar-refractivity contribution in [1.82, 2.24) is 5.32 Å². The number of carbonyl (C=O) groups excluding carboxylic acids is 1. The highest BCUT2D eigenvalue weighted by molar-refractivity contribution is 7.98. The highest BCUT2D eigenvalue weighted by Crippen LogP contribution is 2.57. The molecular formula is C14H27ClN2O2S. The Labute approximate surface area is 132 Å². The maximum Gasteiger partial charge on any atom is 0.241 e. The molecule has 2 fully saturated rings. The van der Waals surface area contributed by atoms with Gasteiger partial charge in [-0.15, -0.1) is 12.4 Å². The zero-order valence-electron chi connectivity index (χ0n) is 12.8. The summed E-state index contributed by atoms with van der Waals surface area (Å²) in [4.78, 5) is 12.6. The standard InChI is InChI=1S/C14H26N2O2S.ClH/c1-9(8-19-4)16-12(17)14(15)10-6-5-7-18-11(10)13(14,2)3;/h9-11H,5-8,15H2,1-4H3,(H,16,17);1H. The number of halogens is 1. The molecule has 1 saturated carbocycles. The van der Waals surface area contributed by atoms with Crippen molar-refractivity contribution in [3.05, 3.63) is 0 Å². The second kappa shape index (κ2) is 6.42. The van der Waals surface area contributed by atoms with Crippen molar-refractivity contribution in [1.29, 1.82) is 0 Å². The molecule has 0 radical (unpaired) electrons. The Bertz CT molecular complexity index is 367.